The fourth-order valence-corrected chi connectivity index (χ4v) is 4.99. The maximum absolute atomic E-state index is 11.4. The highest BCUT2D eigenvalue weighted by atomic mass is 16.6. The van der Waals surface area contributed by atoms with E-state index in [4.69, 9.17) is 14.6 Å². The van der Waals surface area contributed by atoms with Crippen LogP contribution in [0, 0.1) is 5.92 Å². The van der Waals surface area contributed by atoms with Gasteiger partial charge in [-0.15, -0.1) is 0 Å². The minimum absolute atomic E-state index is 0.455. The molecule has 5 rings (SSSR count). The van der Waals surface area contributed by atoms with E-state index in [0.29, 0.717) is 24.1 Å². The van der Waals surface area contributed by atoms with Gasteiger partial charge in [-0.05, 0) is 106 Å². The molecule has 0 heterocycles. The first-order chi connectivity index (χ1) is 22.1. The maximum atomic E-state index is 11.4. The maximum Gasteiger partial charge on any atom is 0.347 e. The van der Waals surface area contributed by atoms with E-state index in [0.717, 1.165) is 59.9 Å². The van der Waals surface area contributed by atoms with Crippen LogP contribution in [0.1, 0.15) is 95.4 Å². The molecule has 0 radical (unpaired) electrons. The number of allylic oxidation sites excluding steroid dienone is 1. The van der Waals surface area contributed by atoms with Crippen LogP contribution in [-0.2, 0) is 22.6 Å². The lowest BCUT2D eigenvalue weighted by Gasteiger charge is -2.25. The SMILES string of the molecule is C=C(O/N=C(\C)c1ccc(CN(CCc2ccc(OC(C)(C)C(=O)O)cc2)C(C)=Nc2ccccc2C2CC2)cc1)C1CC1.CC. The van der Waals surface area contributed by atoms with Crippen molar-refractivity contribution in [2.75, 3.05) is 6.54 Å². The second-order valence-electron chi connectivity index (χ2n) is 12.4. The Morgan fingerprint density at radius 1 is 0.935 bits per heavy atom. The summed E-state index contributed by atoms with van der Waals surface area (Å²) < 4.78 is 5.68. The molecule has 2 aliphatic carbocycles. The van der Waals surface area contributed by atoms with Gasteiger partial charge in [0.05, 0.1) is 11.4 Å². The molecule has 7 heteroatoms. The third-order valence-electron chi connectivity index (χ3n) is 8.25. The monoisotopic (exact) mass is 623 g/mol. The molecule has 7 nitrogen and oxygen atoms in total. The summed E-state index contributed by atoms with van der Waals surface area (Å²) in [5.41, 5.74) is 5.24. The molecule has 3 aromatic rings. The highest BCUT2D eigenvalue weighted by Gasteiger charge is 2.29. The second-order valence-corrected chi connectivity index (χ2v) is 12.4. The molecule has 0 aromatic heterocycles. The van der Waals surface area contributed by atoms with Gasteiger partial charge < -0.3 is 19.6 Å². The second kappa shape index (κ2) is 15.7. The molecule has 2 saturated carbocycles. The summed E-state index contributed by atoms with van der Waals surface area (Å²) in [5.74, 6) is 2.32. The van der Waals surface area contributed by atoms with Gasteiger partial charge in [-0.2, -0.15) is 0 Å². The predicted octanol–water partition coefficient (Wildman–Crippen LogP) is 9.29. The van der Waals surface area contributed by atoms with Crippen LogP contribution in [0.15, 0.2) is 95.3 Å². The molecule has 0 unspecified atom stereocenters. The van der Waals surface area contributed by atoms with Crippen LogP contribution in [0.5, 0.6) is 5.75 Å². The highest BCUT2D eigenvalue weighted by molar-refractivity contribution is 5.98. The van der Waals surface area contributed by atoms with Crippen molar-refractivity contribution in [2.45, 2.75) is 91.7 Å². The molecule has 3 aromatic carbocycles. The Hall–Kier alpha value is -4.39. The number of carboxylic acid groups (broad SMARTS) is 1. The van der Waals surface area contributed by atoms with Gasteiger partial charge in [0.15, 0.2) is 5.60 Å². The Morgan fingerprint density at radius 2 is 1.57 bits per heavy atom. The largest absolute Gasteiger partial charge is 0.478 e. The summed E-state index contributed by atoms with van der Waals surface area (Å²) in [4.78, 5) is 24.4. The van der Waals surface area contributed by atoms with Crippen molar-refractivity contribution in [1.29, 1.82) is 0 Å². The molecule has 1 N–H and O–H groups in total. The molecule has 244 valence electrons. The van der Waals surface area contributed by atoms with Crippen LogP contribution in [0.3, 0.4) is 0 Å². The topological polar surface area (TPSA) is 83.7 Å². The quantitative estimate of drug-likeness (QED) is 0.0837. The molecule has 2 fully saturated rings. The number of amidine groups is 1. The van der Waals surface area contributed by atoms with Gasteiger partial charge in [-0.3, -0.25) is 0 Å². The van der Waals surface area contributed by atoms with Gasteiger partial charge in [-0.25, -0.2) is 9.79 Å². The first kappa shape index (κ1) is 34.5. The molecule has 0 aliphatic heterocycles. The summed E-state index contributed by atoms with van der Waals surface area (Å²) in [6.45, 7) is 16.6. The number of carbonyl (C=O) groups is 1. The number of oxime groups is 1. The van der Waals surface area contributed by atoms with E-state index in [-0.39, 0.29) is 0 Å². The van der Waals surface area contributed by atoms with Gasteiger partial charge in [0.25, 0.3) is 0 Å². The number of benzene rings is 3. The average Bonchev–Trinajstić information content (AvgIpc) is 3.98. The van der Waals surface area contributed by atoms with Crippen molar-refractivity contribution in [1.82, 2.24) is 4.90 Å². The standard InChI is InChI=1S/C37H43N3O4.C2H6/c1-25(39-44-26(2)31-16-17-31)30-14-10-29(11-15-30)24-40(27(3)38-35-9-7-6-8-34(35)32-18-19-32)23-22-28-12-20-33(21-13-28)43-37(4,5)36(41)42;1-2/h6-15,20-21,31-32H,2,16-19,22-24H2,1,3-5H3,(H,41,42);1-2H3/b38-27?,39-25+;. The first-order valence-corrected chi connectivity index (χ1v) is 16.5. The van der Waals surface area contributed by atoms with Crippen molar-refractivity contribution in [2.24, 2.45) is 16.1 Å². The fraction of sp³-hybridized carbons (Fsp3) is 0.410. The smallest absolute Gasteiger partial charge is 0.347 e. The molecule has 0 bridgehead atoms. The number of aliphatic imine (C=N–C) groups is 1. The van der Waals surface area contributed by atoms with Gasteiger partial charge in [-0.1, -0.05) is 80.2 Å². The van der Waals surface area contributed by atoms with Gasteiger partial charge >= 0.3 is 5.97 Å². The lowest BCUT2D eigenvalue weighted by atomic mass is 10.1. The summed E-state index contributed by atoms with van der Waals surface area (Å²) in [6, 6.07) is 24.6. The number of nitrogens with zero attached hydrogens (tertiary/aromatic N) is 3. The molecular weight excluding hydrogens is 574 g/mol. The molecule has 0 saturated heterocycles. The van der Waals surface area contributed by atoms with Crippen molar-refractivity contribution in [3.63, 3.8) is 0 Å². The normalized spacial score (nSPS) is 15.0. The van der Waals surface area contributed by atoms with E-state index in [2.05, 4.69) is 72.1 Å². The van der Waals surface area contributed by atoms with E-state index in [1.54, 1.807) is 13.8 Å². The Morgan fingerprint density at radius 3 is 2.17 bits per heavy atom. The Bertz CT molecular complexity index is 1530. The zero-order valence-corrected chi connectivity index (χ0v) is 28.3. The summed E-state index contributed by atoms with van der Waals surface area (Å²) in [6.07, 6.45) is 5.53. The summed E-state index contributed by atoms with van der Waals surface area (Å²) in [7, 11) is 0. The van der Waals surface area contributed by atoms with Crippen LogP contribution in [0.4, 0.5) is 5.69 Å². The molecule has 2 aliphatic rings. The molecule has 0 atom stereocenters. The molecule has 46 heavy (non-hydrogen) atoms. The van der Waals surface area contributed by atoms with Gasteiger partial charge in [0.2, 0.25) is 0 Å². The number of hydrogen-bond donors (Lipinski definition) is 1. The Balaban J connectivity index is 0.00000235. The van der Waals surface area contributed by atoms with Gasteiger partial charge in [0.1, 0.15) is 17.3 Å². The van der Waals surface area contributed by atoms with E-state index in [1.807, 2.05) is 45.0 Å². The van der Waals surface area contributed by atoms with Crippen LogP contribution >= 0.6 is 0 Å². The first-order valence-electron chi connectivity index (χ1n) is 16.5. The lowest BCUT2D eigenvalue weighted by molar-refractivity contribution is -0.152. The number of hydrogen-bond acceptors (Lipinski definition) is 5. The highest BCUT2D eigenvalue weighted by Crippen LogP contribution is 2.44. The van der Waals surface area contributed by atoms with E-state index in [9.17, 15) is 9.90 Å². The third kappa shape index (κ3) is 9.80. The number of rotatable bonds is 14. The van der Waals surface area contributed by atoms with Crippen molar-refractivity contribution >= 4 is 23.2 Å². The predicted molar refractivity (Wildman–Crippen MR) is 187 cm³/mol. The molecule has 0 amide bonds. The number of ether oxygens (including phenoxy) is 1. The van der Waals surface area contributed by atoms with Crippen molar-refractivity contribution in [3.8, 4) is 5.75 Å². The van der Waals surface area contributed by atoms with Crippen molar-refractivity contribution in [3.05, 3.63) is 107 Å². The number of para-hydroxylation sites is 1. The molecule has 0 spiro atoms. The molecular formula is C39H49N3O4. The lowest BCUT2D eigenvalue weighted by Crippen LogP contribution is -2.37. The zero-order chi connectivity index (χ0) is 33.3. The van der Waals surface area contributed by atoms with Gasteiger partial charge in [0, 0.05) is 19.0 Å². The van der Waals surface area contributed by atoms with E-state index >= 15 is 0 Å². The summed E-state index contributed by atoms with van der Waals surface area (Å²) >= 11 is 0. The zero-order valence-electron chi connectivity index (χ0n) is 28.3. The summed E-state index contributed by atoms with van der Waals surface area (Å²) in [5, 5.41) is 13.7. The Labute approximate surface area is 274 Å². The van der Waals surface area contributed by atoms with Crippen LogP contribution in [-0.4, -0.2) is 39.7 Å². The number of aliphatic carboxylic acids is 1. The fourth-order valence-electron chi connectivity index (χ4n) is 4.99. The minimum Gasteiger partial charge on any atom is -0.478 e. The van der Waals surface area contributed by atoms with Crippen LogP contribution in [0.2, 0.25) is 0 Å². The minimum atomic E-state index is -1.29. The van der Waals surface area contributed by atoms with E-state index in [1.165, 1.54) is 24.0 Å². The average molecular weight is 624 g/mol. The third-order valence-corrected chi connectivity index (χ3v) is 8.25. The van der Waals surface area contributed by atoms with Crippen LogP contribution < -0.4 is 4.74 Å². The van der Waals surface area contributed by atoms with Crippen LogP contribution in [0.25, 0.3) is 0 Å². The number of carboxylic acids is 1. The van der Waals surface area contributed by atoms with Crippen molar-refractivity contribution < 1.29 is 19.5 Å². The Kier molecular flexibility index (Phi) is 11.8. The van der Waals surface area contributed by atoms with E-state index < -0.39 is 11.6 Å².